The highest BCUT2D eigenvalue weighted by Gasteiger charge is 2.19. The maximum absolute atomic E-state index is 12.1. The van der Waals surface area contributed by atoms with Gasteiger partial charge in [0.05, 0.1) is 5.75 Å². The summed E-state index contributed by atoms with van der Waals surface area (Å²) in [6.07, 6.45) is 1.73. The van der Waals surface area contributed by atoms with Crippen LogP contribution in [0.15, 0.2) is 16.0 Å². The fourth-order valence-corrected chi connectivity index (χ4v) is 3.01. The molecule has 0 aromatic carbocycles. The Morgan fingerprint density at radius 2 is 2.10 bits per heavy atom. The standard InChI is InChI=1S/C14H22N4O2S/c1-3-4-11-9-12(19)16-14(15-11)21-10-13(20)18-7-5-17(2)6-8-18/h9H,3-8,10H2,1-2H3,(H,15,16,19). The Morgan fingerprint density at radius 1 is 1.38 bits per heavy atom. The van der Waals surface area contributed by atoms with Crippen LogP contribution in [0, 0.1) is 0 Å². The molecule has 1 amide bonds. The van der Waals surface area contributed by atoms with Crippen molar-refractivity contribution in [1.29, 1.82) is 0 Å². The molecule has 1 aromatic rings. The van der Waals surface area contributed by atoms with E-state index in [1.165, 1.54) is 17.8 Å². The van der Waals surface area contributed by atoms with Gasteiger partial charge in [0.25, 0.3) is 5.56 Å². The van der Waals surface area contributed by atoms with E-state index in [-0.39, 0.29) is 11.5 Å². The Hall–Kier alpha value is -1.34. The van der Waals surface area contributed by atoms with E-state index >= 15 is 0 Å². The van der Waals surface area contributed by atoms with Gasteiger partial charge in [0.1, 0.15) is 0 Å². The van der Waals surface area contributed by atoms with Crippen molar-refractivity contribution in [2.24, 2.45) is 0 Å². The van der Waals surface area contributed by atoms with Crippen molar-refractivity contribution in [3.8, 4) is 0 Å². The van der Waals surface area contributed by atoms with Gasteiger partial charge < -0.3 is 14.8 Å². The number of thioether (sulfide) groups is 1. The Bertz CT molecular complexity index is 538. The van der Waals surface area contributed by atoms with Crippen molar-refractivity contribution in [3.63, 3.8) is 0 Å². The highest BCUT2D eigenvalue weighted by molar-refractivity contribution is 7.99. The predicted octanol–water partition coefficient (Wildman–Crippen LogP) is 0.588. The number of rotatable bonds is 5. The van der Waals surface area contributed by atoms with Crippen LogP contribution in [0.5, 0.6) is 0 Å². The Labute approximate surface area is 128 Å². The molecule has 0 atom stereocenters. The fraction of sp³-hybridized carbons (Fsp3) is 0.643. The van der Waals surface area contributed by atoms with Crippen LogP contribution in [0.3, 0.4) is 0 Å². The third kappa shape index (κ3) is 4.86. The van der Waals surface area contributed by atoms with Crippen LogP contribution in [0.25, 0.3) is 0 Å². The van der Waals surface area contributed by atoms with Crippen LogP contribution in [-0.4, -0.2) is 64.7 Å². The lowest BCUT2D eigenvalue weighted by molar-refractivity contribution is -0.129. The Balaban J connectivity index is 1.90. The highest BCUT2D eigenvalue weighted by Crippen LogP contribution is 2.13. The lowest BCUT2D eigenvalue weighted by atomic mass is 10.2. The number of amides is 1. The maximum Gasteiger partial charge on any atom is 0.251 e. The summed E-state index contributed by atoms with van der Waals surface area (Å²) >= 11 is 1.31. The van der Waals surface area contributed by atoms with Crippen LogP contribution in [-0.2, 0) is 11.2 Å². The summed E-state index contributed by atoms with van der Waals surface area (Å²) in [4.78, 5) is 34.9. The third-order valence-electron chi connectivity index (χ3n) is 3.47. The topological polar surface area (TPSA) is 69.3 Å². The van der Waals surface area contributed by atoms with E-state index in [1.54, 1.807) is 0 Å². The molecule has 0 spiro atoms. The van der Waals surface area contributed by atoms with Crippen molar-refractivity contribution in [3.05, 3.63) is 22.1 Å². The minimum atomic E-state index is -0.150. The molecule has 21 heavy (non-hydrogen) atoms. The van der Waals surface area contributed by atoms with Gasteiger partial charge in [0, 0.05) is 37.9 Å². The van der Waals surface area contributed by atoms with Gasteiger partial charge in [-0.25, -0.2) is 4.98 Å². The van der Waals surface area contributed by atoms with E-state index in [1.807, 2.05) is 11.8 Å². The van der Waals surface area contributed by atoms with Gasteiger partial charge in [-0.05, 0) is 13.5 Å². The molecule has 1 N–H and O–H groups in total. The molecule has 1 aliphatic rings. The highest BCUT2D eigenvalue weighted by atomic mass is 32.2. The first kappa shape index (κ1) is 16.0. The summed E-state index contributed by atoms with van der Waals surface area (Å²) < 4.78 is 0. The number of aromatic amines is 1. The second kappa shape index (κ2) is 7.61. The van der Waals surface area contributed by atoms with Crippen LogP contribution in [0.4, 0.5) is 0 Å². The lowest BCUT2D eigenvalue weighted by Crippen LogP contribution is -2.47. The largest absolute Gasteiger partial charge is 0.339 e. The fourth-order valence-electron chi connectivity index (χ4n) is 2.21. The number of piperazine rings is 1. The summed E-state index contributed by atoms with van der Waals surface area (Å²) in [5, 5.41) is 0.536. The average Bonchev–Trinajstić information content (AvgIpc) is 2.45. The van der Waals surface area contributed by atoms with E-state index in [2.05, 4.69) is 21.9 Å². The van der Waals surface area contributed by atoms with Gasteiger partial charge >= 0.3 is 0 Å². The molecule has 116 valence electrons. The Morgan fingerprint density at radius 3 is 2.76 bits per heavy atom. The number of hydrogen-bond acceptors (Lipinski definition) is 5. The summed E-state index contributed by atoms with van der Waals surface area (Å²) in [5.74, 6) is 0.430. The van der Waals surface area contributed by atoms with E-state index in [0.29, 0.717) is 10.9 Å². The number of aromatic nitrogens is 2. The molecule has 7 heteroatoms. The van der Waals surface area contributed by atoms with Crippen molar-refractivity contribution in [2.45, 2.75) is 24.9 Å². The van der Waals surface area contributed by atoms with E-state index in [0.717, 1.165) is 44.7 Å². The molecule has 1 aliphatic heterocycles. The van der Waals surface area contributed by atoms with Crippen molar-refractivity contribution in [1.82, 2.24) is 19.8 Å². The van der Waals surface area contributed by atoms with Crippen molar-refractivity contribution in [2.75, 3.05) is 39.0 Å². The number of hydrogen-bond donors (Lipinski definition) is 1. The molecule has 2 heterocycles. The van der Waals surface area contributed by atoms with Gasteiger partial charge in [-0.3, -0.25) is 9.59 Å². The summed E-state index contributed by atoms with van der Waals surface area (Å²) in [5.41, 5.74) is 0.638. The first-order chi connectivity index (χ1) is 10.1. The monoisotopic (exact) mass is 310 g/mol. The van der Waals surface area contributed by atoms with Crippen molar-refractivity contribution >= 4 is 17.7 Å². The third-order valence-corrected chi connectivity index (χ3v) is 4.33. The van der Waals surface area contributed by atoms with Gasteiger partial charge in [-0.15, -0.1) is 0 Å². The molecular formula is C14H22N4O2S. The predicted molar refractivity (Wildman–Crippen MR) is 83.7 cm³/mol. The zero-order valence-electron chi connectivity index (χ0n) is 12.6. The minimum Gasteiger partial charge on any atom is -0.339 e. The normalized spacial score (nSPS) is 16.2. The zero-order chi connectivity index (χ0) is 15.2. The molecule has 6 nitrogen and oxygen atoms in total. The molecule has 0 aliphatic carbocycles. The summed E-state index contributed by atoms with van der Waals surface area (Å²) in [7, 11) is 2.06. The number of likely N-dealkylation sites (N-methyl/N-ethyl adjacent to an activating group) is 1. The second-order valence-corrected chi connectivity index (χ2v) is 6.23. The van der Waals surface area contributed by atoms with Gasteiger partial charge in [-0.1, -0.05) is 25.1 Å². The van der Waals surface area contributed by atoms with E-state index in [9.17, 15) is 9.59 Å². The van der Waals surface area contributed by atoms with Crippen molar-refractivity contribution < 1.29 is 4.79 Å². The zero-order valence-corrected chi connectivity index (χ0v) is 13.4. The molecule has 0 unspecified atom stereocenters. The van der Waals surface area contributed by atoms with Crippen LogP contribution < -0.4 is 5.56 Å². The molecule has 1 aromatic heterocycles. The lowest BCUT2D eigenvalue weighted by Gasteiger charge is -2.32. The molecule has 1 saturated heterocycles. The molecule has 0 saturated carbocycles. The number of nitrogens with one attached hydrogen (secondary N) is 1. The number of carbonyl (C=O) groups excluding carboxylic acids is 1. The van der Waals surface area contributed by atoms with Crippen LogP contribution in [0.1, 0.15) is 19.0 Å². The number of H-pyrrole nitrogens is 1. The molecule has 0 radical (unpaired) electrons. The molecule has 2 rings (SSSR count). The number of aryl methyl sites for hydroxylation is 1. The van der Waals surface area contributed by atoms with Crippen LogP contribution in [0.2, 0.25) is 0 Å². The smallest absolute Gasteiger partial charge is 0.251 e. The summed E-state index contributed by atoms with van der Waals surface area (Å²) in [6.45, 7) is 5.42. The number of carbonyl (C=O) groups is 1. The van der Waals surface area contributed by atoms with E-state index < -0.39 is 0 Å². The Kier molecular flexibility index (Phi) is 5.81. The number of nitrogens with zero attached hydrogens (tertiary/aromatic N) is 3. The van der Waals surface area contributed by atoms with Gasteiger partial charge in [0.2, 0.25) is 5.91 Å². The molecular weight excluding hydrogens is 288 g/mol. The SMILES string of the molecule is CCCc1cc(=O)[nH]c(SCC(=O)N2CCN(C)CC2)n1. The minimum absolute atomic E-state index is 0.108. The quantitative estimate of drug-likeness (QED) is 0.637. The van der Waals surface area contributed by atoms with E-state index in [4.69, 9.17) is 0 Å². The van der Waals surface area contributed by atoms with Gasteiger partial charge in [0.15, 0.2) is 5.16 Å². The first-order valence-electron chi connectivity index (χ1n) is 7.28. The molecule has 1 fully saturated rings. The molecule has 0 bridgehead atoms. The average molecular weight is 310 g/mol. The maximum atomic E-state index is 12.1. The first-order valence-corrected chi connectivity index (χ1v) is 8.26. The summed E-state index contributed by atoms with van der Waals surface area (Å²) in [6, 6.07) is 1.52. The van der Waals surface area contributed by atoms with Gasteiger partial charge in [-0.2, -0.15) is 0 Å². The second-order valence-electron chi connectivity index (χ2n) is 5.26. The van der Waals surface area contributed by atoms with Crippen LogP contribution >= 0.6 is 11.8 Å².